The summed E-state index contributed by atoms with van der Waals surface area (Å²) in [4.78, 5) is 54.5. The molecule has 0 radical (unpaired) electrons. The second kappa shape index (κ2) is 12.6. The molecule has 10 heteroatoms. The largest absolute Gasteiger partial charge is 0.466 e. The molecule has 4 rings (SSSR count). The minimum absolute atomic E-state index is 0.0482. The van der Waals surface area contributed by atoms with E-state index in [0.29, 0.717) is 48.1 Å². The lowest BCUT2D eigenvalue weighted by Gasteiger charge is -2.28. The number of nitrogens with one attached hydrogen (secondary N) is 3. The van der Waals surface area contributed by atoms with Gasteiger partial charge in [-0.1, -0.05) is 42.5 Å². The summed E-state index contributed by atoms with van der Waals surface area (Å²) >= 11 is 0. The molecule has 3 N–H and O–H groups in total. The quantitative estimate of drug-likeness (QED) is 0.175. The number of likely N-dealkylation sites (tertiary alicyclic amines) is 1. The molecule has 1 saturated heterocycles. The molecule has 0 aliphatic carbocycles. The Balaban J connectivity index is 1.41. The Hall–Kier alpha value is -4.91. The number of rotatable bonds is 8. The van der Waals surface area contributed by atoms with Gasteiger partial charge < -0.3 is 25.3 Å². The SMILES string of the molecule is CCOC(=O)CCNC(=O)Nc1cccc2c(C(=O)C(=O)N3CCC(=C(C#N)c4ccccc4)CC3)c[nH]c12. The fourth-order valence-corrected chi connectivity index (χ4v) is 4.57. The van der Waals surface area contributed by atoms with Crippen LogP contribution in [0, 0.1) is 11.3 Å². The normalized spacial score (nSPS) is 12.9. The molecule has 200 valence electrons. The minimum atomic E-state index is -0.645. The Morgan fingerprint density at radius 3 is 2.49 bits per heavy atom. The van der Waals surface area contributed by atoms with Crippen molar-refractivity contribution in [1.29, 1.82) is 5.26 Å². The molecular formula is C29H29N5O5. The van der Waals surface area contributed by atoms with Crippen molar-refractivity contribution in [3.8, 4) is 6.07 Å². The van der Waals surface area contributed by atoms with E-state index in [1.54, 1.807) is 25.1 Å². The molecule has 1 aromatic heterocycles. The highest BCUT2D eigenvalue weighted by Gasteiger charge is 2.29. The summed E-state index contributed by atoms with van der Waals surface area (Å²) in [5, 5.41) is 15.5. The first-order valence-corrected chi connectivity index (χ1v) is 12.7. The van der Waals surface area contributed by atoms with Crippen LogP contribution in [0.2, 0.25) is 0 Å². The van der Waals surface area contributed by atoms with Gasteiger partial charge in [-0.3, -0.25) is 14.4 Å². The molecule has 1 aliphatic heterocycles. The maximum Gasteiger partial charge on any atom is 0.319 e. The first-order chi connectivity index (χ1) is 18.9. The molecule has 0 saturated carbocycles. The van der Waals surface area contributed by atoms with Crippen molar-refractivity contribution < 1.29 is 23.9 Å². The van der Waals surface area contributed by atoms with Crippen molar-refractivity contribution >= 4 is 45.9 Å². The molecule has 3 amide bonds. The monoisotopic (exact) mass is 527 g/mol. The molecule has 1 fully saturated rings. The molecule has 0 spiro atoms. The lowest BCUT2D eigenvalue weighted by molar-refractivity contribution is -0.142. The number of ketones is 1. The summed E-state index contributed by atoms with van der Waals surface area (Å²) in [7, 11) is 0. The van der Waals surface area contributed by atoms with E-state index in [1.165, 1.54) is 11.1 Å². The molecule has 1 aliphatic rings. The number of nitrogens with zero attached hydrogens (tertiary/aromatic N) is 2. The highest BCUT2D eigenvalue weighted by atomic mass is 16.5. The average Bonchev–Trinajstić information content (AvgIpc) is 3.39. The van der Waals surface area contributed by atoms with Gasteiger partial charge in [-0.2, -0.15) is 5.26 Å². The number of para-hydroxylation sites is 1. The summed E-state index contributed by atoms with van der Waals surface area (Å²) < 4.78 is 4.83. The van der Waals surface area contributed by atoms with Crippen LogP contribution in [0.1, 0.15) is 42.1 Å². The maximum atomic E-state index is 13.2. The number of carbonyl (C=O) groups excluding carboxylic acids is 4. The Morgan fingerprint density at radius 2 is 1.79 bits per heavy atom. The van der Waals surface area contributed by atoms with Crippen LogP contribution in [-0.2, 0) is 14.3 Å². The zero-order valence-corrected chi connectivity index (χ0v) is 21.6. The number of anilines is 1. The van der Waals surface area contributed by atoms with Gasteiger partial charge in [0.1, 0.15) is 0 Å². The number of allylic oxidation sites excluding steroid dienone is 1. The van der Waals surface area contributed by atoms with Gasteiger partial charge in [0.15, 0.2) is 0 Å². The molecular weight excluding hydrogens is 498 g/mol. The number of fused-ring (bicyclic) bond motifs is 1. The Bertz CT molecular complexity index is 1460. The van der Waals surface area contributed by atoms with E-state index in [2.05, 4.69) is 21.7 Å². The van der Waals surface area contributed by atoms with Crippen LogP contribution in [0.3, 0.4) is 0 Å². The van der Waals surface area contributed by atoms with Crippen molar-refractivity contribution in [2.75, 3.05) is 31.6 Å². The summed E-state index contributed by atoms with van der Waals surface area (Å²) in [5.74, 6) is -1.66. The second-order valence-corrected chi connectivity index (χ2v) is 8.94. The fourth-order valence-electron chi connectivity index (χ4n) is 4.57. The lowest BCUT2D eigenvalue weighted by atomic mass is 9.93. The standard InChI is InChI=1S/C29H29N5O5/c1-2-39-25(35)11-14-31-29(38)33-24-10-6-9-21-23(18-32-26(21)24)27(36)28(37)34-15-12-20(13-16-34)22(17-30)19-7-4-3-5-8-19/h3-10,18,32H,2,11-16H2,1H3,(H2,31,33,38). The van der Waals surface area contributed by atoms with Crippen molar-refractivity contribution in [1.82, 2.24) is 15.2 Å². The van der Waals surface area contributed by atoms with Gasteiger partial charge in [-0.25, -0.2) is 4.79 Å². The number of esters is 1. The first kappa shape index (κ1) is 27.1. The van der Waals surface area contributed by atoms with Gasteiger partial charge in [0.05, 0.1) is 41.4 Å². The number of H-pyrrole nitrogens is 1. The first-order valence-electron chi connectivity index (χ1n) is 12.7. The van der Waals surface area contributed by atoms with Crippen molar-refractivity contribution in [3.05, 3.63) is 71.4 Å². The molecule has 39 heavy (non-hydrogen) atoms. The predicted octanol–water partition coefficient (Wildman–Crippen LogP) is 4.03. The Kier molecular flexibility index (Phi) is 8.74. The number of piperidine rings is 1. The van der Waals surface area contributed by atoms with Crippen LogP contribution in [0.5, 0.6) is 0 Å². The van der Waals surface area contributed by atoms with Gasteiger partial charge in [0.2, 0.25) is 0 Å². The van der Waals surface area contributed by atoms with Crippen LogP contribution < -0.4 is 10.6 Å². The van der Waals surface area contributed by atoms with E-state index in [9.17, 15) is 24.4 Å². The zero-order chi connectivity index (χ0) is 27.8. The third-order valence-corrected chi connectivity index (χ3v) is 6.50. The molecule has 2 aromatic carbocycles. The van der Waals surface area contributed by atoms with E-state index in [-0.39, 0.29) is 25.1 Å². The number of urea groups is 1. The second-order valence-electron chi connectivity index (χ2n) is 8.94. The number of amides is 3. The van der Waals surface area contributed by atoms with Crippen LogP contribution in [0.4, 0.5) is 10.5 Å². The molecule has 10 nitrogen and oxygen atoms in total. The molecule has 2 heterocycles. The van der Waals surface area contributed by atoms with Gasteiger partial charge in [-0.05, 0) is 37.0 Å². The van der Waals surface area contributed by atoms with Crippen molar-refractivity contribution in [2.45, 2.75) is 26.2 Å². The average molecular weight is 528 g/mol. The fraction of sp³-hybridized carbons (Fsp3) is 0.276. The van der Waals surface area contributed by atoms with Gasteiger partial charge >= 0.3 is 12.0 Å². The molecule has 0 unspecified atom stereocenters. The number of ether oxygens (including phenoxy) is 1. The number of aromatic amines is 1. The van der Waals surface area contributed by atoms with Gasteiger partial charge in [-0.15, -0.1) is 0 Å². The number of hydrogen-bond donors (Lipinski definition) is 3. The summed E-state index contributed by atoms with van der Waals surface area (Å²) in [6, 6.07) is 16.2. The van der Waals surface area contributed by atoms with E-state index >= 15 is 0 Å². The number of carbonyl (C=O) groups is 4. The Morgan fingerprint density at radius 1 is 1.05 bits per heavy atom. The van der Waals surface area contributed by atoms with E-state index in [1.807, 2.05) is 30.3 Å². The number of hydrogen-bond acceptors (Lipinski definition) is 6. The molecule has 0 atom stereocenters. The smallest absolute Gasteiger partial charge is 0.319 e. The third kappa shape index (κ3) is 6.33. The molecule has 0 bridgehead atoms. The summed E-state index contributed by atoms with van der Waals surface area (Å²) in [6.07, 6.45) is 2.55. The summed E-state index contributed by atoms with van der Waals surface area (Å²) in [5.41, 5.74) is 3.58. The van der Waals surface area contributed by atoms with E-state index in [0.717, 1.165) is 11.1 Å². The van der Waals surface area contributed by atoms with Crippen molar-refractivity contribution in [3.63, 3.8) is 0 Å². The number of aromatic nitrogens is 1. The summed E-state index contributed by atoms with van der Waals surface area (Å²) in [6.45, 7) is 2.78. The molecule has 3 aromatic rings. The lowest BCUT2D eigenvalue weighted by Crippen LogP contribution is -2.40. The maximum absolute atomic E-state index is 13.2. The predicted molar refractivity (Wildman–Crippen MR) is 146 cm³/mol. The van der Waals surface area contributed by atoms with E-state index < -0.39 is 23.7 Å². The zero-order valence-electron chi connectivity index (χ0n) is 21.6. The van der Waals surface area contributed by atoms with Crippen LogP contribution in [0.25, 0.3) is 16.5 Å². The number of Topliss-reactive ketones (excluding diaryl/α,β-unsaturated/α-hetero) is 1. The minimum Gasteiger partial charge on any atom is -0.466 e. The topological polar surface area (TPSA) is 144 Å². The van der Waals surface area contributed by atoms with Gasteiger partial charge in [0, 0.05) is 31.2 Å². The van der Waals surface area contributed by atoms with Crippen LogP contribution >= 0.6 is 0 Å². The van der Waals surface area contributed by atoms with Crippen LogP contribution in [0.15, 0.2) is 60.3 Å². The van der Waals surface area contributed by atoms with E-state index in [4.69, 9.17) is 4.74 Å². The third-order valence-electron chi connectivity index (χ3n) is 6.50. The highest BCUT2D eigenvalue weighted by molar-refractivity contribution is 6.45. The Labute approximate surface area is 225 Å². The van der Waals surface area contributed by atoms with Crippen LogP contribution in [-0.4, -0.2) is 59.8 Å². The number of benzene rings is 2. The van der Waals surface area contributed by atoms with Gasteiger partial charge in [0.25, 0.3) is 11.7 Å². The van der Waals surface area contributed by atoms with Crippen molar-refractivity contribution in [2.24, 2.45) is 0 Å². The number of nitriles is 1. The highest BCUT2D eigenvalue weighted by Crippen LogP contribution is 2.29.